The molecule has 0 heterocycles. The maximum atomic E-state index is 12.5. The molecule has 0 aromatic heterocycles. The molecule has 0 aliphatic heterocycles. The van der Waals surface area contributed by atoms with Crippen molar-refractivity contribution in [3.8, 4) is 0 Å². The molecule has 1 aliphatic carbocycles. The third-order valence-electron chi connectivity index (χ3n) is 4.58. The van der Waals surface area contributed by atoms with Gasteiger partial charge in [0.1, 0.15) is 0 Å². The van der Waals surface area contributed by atoms with Crippen LogP contribution in [0.15, 0.2) is 28.7 Å². The fraction of sp³-hybridized carbons (Fsp3) is 0.588. The second kappa shape index (κ2) is 7.95. The standard InChI is InChI=1S/C17H25BrN2O/c1-2-12(10-13-6-3-4-8-15(13)18)17(21)20-16-9-5-7-14(16)11-19/h3-4,6,8,12,14,16H,2,5,7,9-11,19H2,1H3,(H,20,21). The average Bonchev–Trinajstić information content (AvgIpc) is 2.93. The summed E-state index contributed by atoms with van der Waals surface area (Å²) in [6.45, 7) is 2.75. The van der Waals surface area contributed by atoms with Crippen molar-refractivity contribution in [2.24, 2.45) is 17.6 Å². The van der Waals surface area contributed by atoms with Crippen LogP contribution in [-0.4, -0.2) is 18.5 Å². The van der Waals surface area contributed by atoms with Crippen LogP contribution < -0.4 is 11.1 Å². The summed E-state index contributed by atoms with van der Waals surface area (Å²) in [5.74, 6) is 0.663. The smallest absolute Gasteiger partial charge is 0.223 e. The molecule has 2 rings (SSSR count). The molecule has 1 aliphatic rings. The number of carbonyl (C=O) groups is 1. The Bertz CT molecular complexity index is 478. The summed E-state index contributed by atoms with van der Waals surface area (Å²) >= 11 is 3.56. The zero-order valence-corrected chi connectivity index (χ0v) is 14.2. The molecule has 3 unspecified atom stereocenters. The van der Waals surface area contributed by atoms with Crippen molar-refractivity contribution in [3.05, 3.63) is 34.3 Å². The van der Waals surface area contributed by atoms with Gasteiger partial charge in [-0.25, -0.2) is 0 Å². The molecule has 21 heavy (non-hydrogen) atoms. The van der Waals surface area contributed by atoms with Gasteiger partial charge >= 0.3 is 0 Å². The number of nitrogens with two attached hydrogens (primary N) is 1. The summed E-state index contributed by atoms with van der Waals surface area (Å²) < 4.78 is 1.08. The van der Waals surface area contributed by atoms with Gasteiger partial charge in [-0.3, -0.25) is 4.79 Å². The SMILES string of the molecule is CCC(Cc1ccccc1Br)C(=O)NC1CCCC1CN. The monoisotopic (exact) mass is 352 g/mol. The minimum atomic E-state index is 0.0303. The lowest BCUT2D eigenvalue weighted by Gasteiger charge is -2.23. The van der Waals surface area contributed by atoms with E-state index in [1.54, 1.807) is 0 Å². The number of hydrogen-bond donors (Lipinski definition) is 2. The van der Waals surface area contributed by atoms with Gasteiger partial charge in [0.25, 0.3) is 0 Å². The first-order chi connectivity index (χ1) is 10.2. The highest BCUT2D eigenvalue weighted by Gasteiger charge is 2.29. The highest BCUT2D eigenvalue weighted by Crippen LogP contribution is 2.26. The molecule has 1 aromatic carbocycles. The van der Waals surface area contributed by atoms with Gasteiger partial charge in [-0.05, 0) is 49.8 Å². The number of rotatable bonds is 6. The molecule has 1 saturated carbocycles. The first-order valence-corrected chi connectivity index (χ1v) is 8.68. The van der Waals surface area contributed by atoms with Crippen molar-refractivity contribution in [2.45, 2.75) is 45.1 Å². The second-order valence-electron chi connectivity index (χ2n) is 5.94. The molecule has 0 saturated heterocycles. The first kappa shape index (κ1) is 16.5. The number of halogens is 1. The molecule has 4 heteroatoms. The fourth-order valence-corrected chi connectivity index (χ4v) is 3.61. The second-order valence-corrected chi connectivity index (χ2v) is 6.80. The van der Waals surface area contributed by atoms with E-state index in [-0.39, 0.29) is 17.9 Å². The summed E-state index contributed by atoms with van der Waals surface area (Å²) in [4.78, 5) is 12.5. The molecule has 3 atom stereocenters. The third kappa shape index (κ3) is 4.30. The lowest BCUT2D eigenvalue weighted by atomic mass is 9.95. The highest BCUT2D eigenvalue weighted by molar-refractivity contribution is 9.10. The summed E-state index contributed by atoms with van der Waals surface area (Å²) in [7, 11) is 0. The molecular weight excluding hydrogens is 328 g/mol. The van der Waals surface area contributed by atoms with Crippen molar-refractivity contribution in [1.82, 2.24) is 5.32 Å². The van der Waals surface area contributed by atoms with E-state index in [1.807, 2.05) is 18.2 Å². The van der Waals surface area contributed by atoms with E-state index in [0.717, 1.165) is 30.2 Å². The molecule has 116 valence electrons. The van der Waals surface area contributed by atoms with Crippen LogP contribution in [0.25, 0.3) is 0 Å². The van der Waals surface area contributed by atoms with Gasteiger partial charge in [0, 0.05) is 16.4 Å². The Kier molecular flexibility index (Phi) is 6.24. The Balaban J connectivity index is 1.97. The third-order valence-corrected chi connectivity index (χ3v) is 5.35. The Morgan fingerprint density at radius 2 is 2.19 bits per heavy atom. The number of hydrogen-bond acceptors (Lipinski definition) is 2. The Labute approximate surface area is 135 Å². The maximum absolute atomic E-state index is 12.5. The van der Waals surface area contributed by atoms with Crippen molar-refractivity contribution < 1.29 is 4.79 Å². The summed E-state index contributed by atoms with van der Waals surface area (Å²) in [5.41, 5.74) is 6.99. The van der Waals surface area contributed by atoms with E-state index >= 15 is 0 Å². The topological polar surface area (TPSA) is 55.1 Å². The van der Waals surface area contributed by atoms with Gasteiger partial charge in [-0.15, -0.1) is 0 Å². The Morgan fingerprint density at radius 3 is 2.86 bits per heavy atom. The van der Waals surface area contributed by atoms with Crippen LogP contribution in [0.5, 0.6) is 0 Å². The summed E-state index contributed by atoms with van der Waals surface area (Å²) in [6.07, 6.45) is 5.02. The van der Waals surface area contributed by atoms with Gasteiger partial charge < -0.3 is 11.1 Å². The van der Waals surface area contributed by atoms with E-state index in [4.69, 9.17) is 5.73 Å². The molecule has 0 bridgehead atoms. The lowest BCUT2D eigenvalue weighted by Crippen LogP contribution is -2.43. The summed E-state index contributed by atoms with van der Waals surface area (Å²) in [5, 5.41) is 3.24. The molecule has 1 amide bonds. The van der Waals surface area contributed by atoms with Crippen molar-refractivity contribution in [1.29, 1.82) is 0 Å². The zero-order valence-electron chi connectivity index (χ0n) is 12.6. The predicted octanol–water partition coefficient (Wildman–Crippen LogP) is 3.26. The van der Waals surface area contributed by atoms with Crippen molar-refractivity contribution in [2.75, 3.05) is 6.54 Å². The van der Waals surface area contributed by atoms with Crippen LogP contribution in [0.2, 0.25) is 0 Å². The van der Waals surface area contributed by atoms with Crippen LogP contribution >= 0.6 is 15.9 Å². The zero-order chi connectivity index (χ0) is 15.2. The highest BCUT2D eigenvalue weighted by atomic mass is 79.9. The molecule has 3 nitrogen and oxygen atoms in total. The van der Waals surface area contributed by atoms with Crippen molar-refractivity contribution >= 4 is 21.8 Å². The van der Waals surface area contributed by atoms with Crippen LogP contribution in [0.1, 0.15) is 38.2 Å². The van der Waals surface area contributed by atoms with E-state index in [2.05, 4.69) is 34.2 Å². The van der Waals surface area contributed by atoms with Gasteiger partial charge in [0.2, 0.25) is 5.91 Å². The number of nitrogens with one attached hydrogen (secondary N) is 1. The minimum Gasteiger partial charge on any atom is -0.353 e. The molecule has 1 fully saturated rings. The van der Waals surface area contributed by atoms with Crippen molar-refractivity contribution in [3.63, 3.8) is 0 Å². The Hall–Kier alpha value is -0.870. The minimum absolute atomic E-state index is 0.0303. The van der Waals surface area contributed by atoms with Crippen LogP contribution in [0, 0.1) is 11.8 Å². The first-order valence-electron chi connectivity index (χ1n) is 7.89. The number of amides is 1. The lowest BCUT2D eigenvalue weighted by molar-refractivity contribution is -0.126. The normalized spacial score (nSPS) is 23.0. The van der Waals surface area contributed by atoms with E-state index < -0.39 is 0 Å². The van der Waals surface area contributed by atoms with Crippen LogP contribution in [0.4, 0.5) is 0 Å². The Morgan fingerprint density at radius 1 is 1.43 bits per heavy atom. The van der Waals surface area contributed by atoms with E-state index in [0.29, 0.717) is 12.5 Å². The van der Waals surface area contributed by atoms with E-state index in [1.165, 1.54) is 12.0 Å². The molecular formula is C17H25BrN2O. The number of benzene rings is 1. The molecule has 0 radical (unpaired) electrons. The van der Waals surface area contributed by atoms with E-state index in [9.17, 15) is 4.79 Å². The van der Waals surface area contributed by atoms with Crippen LogP contribution in [0.3, 0.4) is 0 Å². The number of carbonyl (C=O) groups excluding carboxylic acids is 1. The quantitative estimate of drug-likeness (QED) is 0.825. The maximum Gasteiger partial charge on any atom is 0.223 e. The predicted molar refractivity (Wildman–Crippen MR) is 90.0 cm³/mol. The molecule has 0 spiro atoms. The van der Waals surface area contributed by atoms with Gasteiger partial charge in [-0.2, -0.15) is 0 Å². The largest absolute Gasteiger partial charge is 0.353 e. The molecule has 1 aromatic rings. The fourth-order valence-electron chi connectivity index (χ4n) is 3.16. The van der Waals surface area contributed by atoms with Gasteiger partial charge in [0.15, 0.2) is 0 Å². The molecule has 3 N–H and O–H groups in total. The average molecular weight is 353 g/mol. The summed E-state index contributed by atoms with van der Waals surface area (Å²) in [6, 6.07) is 8.40. The van der Waals surface area contributed by atoms with Gasteiger partial charge in [0.05, 0.1) is 0 Å². The van der Waals surface area contributed by atoms with Crippen LogP contribution in [-0.2, 0) is 11.2 Å². The van der Waals surface area contributed by atoms with Gasteiger partial charge in [-0.1, -0.05) is 47.5 Å².